The number of nitrogens with two attached hydrogens (primary N) is 1. The molecule has 11 nitrogen and oxygen atoms in total. The Morgan fingerprint density at radius 3 is 2.48 bits per heavy atom. The van der Waals surface area contributed by atoms with Gasteiger partial charge in [-0.2, -0.15) is 0 Å². The molecule has 5 N–H and O–H groups in total. The van der Waals surface area contributed by atoms with E-state index in [1.165, 1.54) is 24.3 Å². The number of amides is 1. The first kappa shape index (κ1) is 28.0. The van der Waals surface area contributed by atoms with E-state index in [0.717, 1.165) is 11.9 Å². The first-order valence-electron chi connectivity index (χ1n) is 12.1. The van der Waals surface area contributed by atoms with Crippen LogP contribution in [0.4, 0.5) is 33.1 Å². The molecule has 0 aliphatic rings. The molecule has 0 aliphatic heterocycles. The van der Waals surface area contributed by atoms with Crippen molar-refractivity contribution in [2.75, 3.05) is 42.3 Å². The lowest BCUT2D eigenvalue weighted by Gasteiger charge is -2.24. The number of phenols is 1. The van der Waals surface area contributed by atoms with Gasteiger partial charge in [-0.3, -0.25) is 14.9 Å². The number of anilines is 4. The van der Waals surface area contributed by atoms with Gasteiger partial charge in [0.2, 0.25) is 0 Å². The molecule has 1 amide bonds. The quantitative estimate of drug-likeness (QED) is 0.112. The fourth-order valence-corrected chi connectivity index (χ4v) is 4.01. The van der Waals surface area contributed by atoms with Crippen molar-refractivity contribution in [1.29, 1.82) is 0 Å². The standard InChI is InChI=1S/C27H25ClFN7O4/c28-17-1-3-18(4-2-17)35(14-11-29)19-5-9-24(37)22(15-19)23-8-7-21(26(30)34-23)27(38)32-13-12-31-25-10-6-20(16-33-25)36(39)40/h1-10,15-16,37H,11-14H2,(H2,30,34)(H,31,33)(H,32,38). The Labute approximate surface area is 233 Å². The second-order valence-corrected chi connectivity index (χ2v) is 8.93. The van der Waals surface area contributed by atoms with Crippen LogP contribution in [0, 0.1) is 10.1 Å². The number of hydrogen-bond acceptors (Lipinski definition) is 9. The number of phenolic OH excluding ortho intramolecular Hbond substituents is 1. The lowest BCUT2D eigenvalue weighted by molar-refractivity contribution is -0.385. The largest absolute Gasteiger partial charge is 0.507 e. The van der Waals surface area contributed by atoms with Gasteiger partial charge in [0.05, 0.1) is 22.7 Å². The van der Waals surface area contributed by atoms with Crippen LogP contribution < -0.4 is 21.3 Å². The number of halogens is 2. The molecule has 0 bridgehead atoms. The van der Waals surface area contributed by atoms with Crippen LogP contribution >= 0.6 is 11.6 Å². The van der Waals surface area contributed by atoms with Crippen LogP contribution in [0.15, 0.2) is 72.9 Å². The molecule has 0 radical (unpaired) electrons. The number of hydrogen-bond donors (Lipinski definition) is 4. The summed E-state index contributed by atoms with van der Waals surface area (Å²) in [6, 6.07) is 17.6. The number of nitrogen functional groups attached to an aromatic ring is 1. The van der Waals surface area contributed by atoms with E-state index in [1.807, 2.05) is 0 Å². The van der Waals surface area contributed by atoms with E-state index in [-0.39, 0.29) is 35.9 Å². The van der Waals surface area contributed by atoms with E-state index < -0.39 is 17.5 Å². The molecule has 0 fully saturated rings. The SMILES string of the molecule is Nc1nc(-c2cc(N(CCF)c3ccc(Cl)cc3)ccc2O)ccc1C(=O)NCCNc1ccc([N+](=O)[O-])cn1. The number of nitrogens with one attached hydrogen (secondary N) is 2. The number of pyridine rings is 2. The summed E-state index contributed by atoms with van der Waals surface area (Å²) in [5.41, 5.74) is 8.13. The van der Waals surface area contributed by atoms with Crippen molar-refractivity contribution in [2.24, 2.45) is 0 Å². The van der Waals surface area contributed by atoms with E-state index in [4.69, 9.17) is 17.3 Å². The summed E-state index contributed by atoms with van der Waals surface area (Å²) in [6.45, 7) is 0.00561. The van der Waals surface area contributed by atoms with Gasteiger partial charge in [0.25, 0.3) is 11.6 Å². The van der Waals surface area contributed by atoms with Crippen molar-refractivity contribution in [3.8, 4) is 17.0 Å². The molecule has 0 spiro atoms. The van der Waals surface area contributed by atoms with Gasteiger partial charge in [-0.15, -0.1) is 0 Å². The maximum absolute atomic E-state index is 13.4. The van der Waals surface area contributed by atoms with Crippen LogP contribution in [0.2, 0.25) is 5.02 Å². The van der Waals surface area contributed by atoms with Gasteiger partial charge in [0.1, 0.15) is 30.3 Å². The zero-order chi connectivity index (χ0) is 28.6. The predicted octanol–water partition coefficient (Wildman–Crippen LogP) is 4.94. The van der Waals surface area contributed by atoms with E-state index >= 15 is 0 Å². The molecule has 2 aromatic heterocycles. The minimum Gasteiger partial charge on any atom is -0.507 e. The molecule has 0 atom stereocenters. The Bertz CT molecular complexity index is 1500. The van der Waals surface area contributed by atoms with Crippen LogP contribution in [-0.4, -0.2) is 52.2 Å². The molecule has 0 unspecified atom stereocenters. The summed E-state index contributed by atoms with van der Waals surface area (Å²) in [7, 11) is 0. The molecule has 206 valence electrons. The first-order chi connectivity index (χ1) is 19.3. The lowest BCUT2D eigenvalue weighted by Crippen LogP contribution is -2.29. The molecule has 13 heteroatoms. The summed E-state index contributed by atoms with van der Waals surface area (Å²) in [5.74, 6) is -0.128. The molecular weight excluding hydrogens is 541 g/mol. The zero-order valence-corrected chi connectivity index (χ0v) is 21.8. The van der Waals surface area contributed by atoms with Gasteiger partial charge in [0.15, 0.2) is 0 Å². The third-order valence-corrected chi connectivity index (χ3v) is 6.11. The maximum Gasteiger partial charge on any atom is 0.287 e. The van der Waals surface area contributed by atoms with Gasteiger partial charge < -0.3 is 26.4 Å². The number of aromatic hydroxyl groups is 1. The van der Waals surface area contributed by atoms with Crippen LogP contribution in [0.1, 0.15) is 10.4 Å². The Morgan fingerprint density at radius 2 is 1.82 bits per heavy atom. The summed E-state index contributed by atoms with van der Waals surface area (Å²) in [5, 5.41) is 27.5. The molecule has 4 aromatic rings. The summed E-state index contributed by atoms with van der Waals surface area (Å²) in [6.07, 6.45) is 1.14. The highest BCUT2D eigenvalue weighted by atomic mass is 35.5. The van der Waals surface area contributed by atoms with Crippen molar-refractivity contribution < 1.29 is 19.2 Å². The van der Waals surface area contributed by atoms with E-state index in [0.29, 0.717) is 34.3 Å². The smallest absolute Gasteiger partial charge is 0.287 e. The second kappa shape index (κ2) is 12.7. The first-order valence-corrected chi connectivity index (χ1v) is 12.5. The van der Waals surface area contributed by atoms with E-state index in [9.17, 15) is 24.4 Å². The Hall–Kier alpha value is -4.97. The fourth-order valence-electron chi connectivity index (χ4n) is 3.89. The van der Waals surface area contributed by atoms with Gasteiger partial charge in [-0.25, -0.2) is 14.4 Å². The summed E-state index contributed by atoms with van der Waals surface area (Å²) >= 11 is 5.99. The monoisotopic (exact) mass is 565 g/mol. The number of alkyl halides is 1. The van der Waals surface area contributed by atoms with Crippen LogP contribution in [0.5, 0.6) is 5.75 Å². The number of rotatable bonds is 11. The van der Waals surface area contributed by atoms with Gasteiger partial charge in [-0.1, -0.05) is 11.6 Å². The maximum atomic E-state index is 13.4. The zero-order valence-electron chi connectivity index (χ0n) is 21.1. The Kier molecular flexibility index (Phi) is 8.92. The lowest BCUT2D eigenvalue weighted by atomic mass is 10.1. The van der Waals surface area contributed by atoms with Gasteiger partial charge in [-0.05, 0) is 60.7 Å². The molecule has 0 saturated carbocycles. The molecule has 2 aromatic carbocycles. The molecule has 0 aliphatic carbocycles. The number of benzene rings is 2. The van der Waals surface area contributed by atoms with Crippen molar-refractivity contribution in [2.45, 2.75) is 0 Å². The highest BCUT2D eigenvalue weighted by Gasteiger charge is 2.17. The van der Waals surface area contributed by atoms with Crippen molar-refractivity contribution >= 4 is 46.2 Å². The average molecular weight is 566 g/mol. The van der Waals surface area contributed by atoms with Crippen molar-refractivity contribution in [3.63, 3.8) is 0 Å². The highest BCUT2D eigenvalue weighted by molar-refractivity contribution is 6.30. The van der Waals surface area contributed by atoms with Crippen molar-refractivity contribution in [3.05, 3.63) is 93.6 Å². The minimum atomic E-state index is -0.603. The topological polar surface area (TPSA) is 160 Å². The second-order valence-electron chi connectivity index (χ2n) is 8.49. The molecule has 0 saturated heterocycles. The average Bonchev–Trinajstić information content (AvgIpc) is 2.95. The Balaban J connectivity index is 1.44. The summed E-state index contributed by atoms with van der Waals surface area (Å²) < 4.78 is 13.4. The molecule has 4 rings (SSSR count). The summed E-state index contributed by atoms with van der Waals surface area (Å²) in [4.78, 5) is 32.8. The van der Waals surface area contributed by atoms with Crippen LogP contribution in [0.3, 0.4) is 0 Å². The number of carbonyl (C=O) groups is 1. The number of aromatic nitrogens is 2. The van der Waals surface area contributed by atoms with Crippen LogP contribution in [0.25, 0.3) is 11.3 Å². The molecular formula is C27H25ClFN7O4. The van der Waals surface area contributed by atoms with Crippen molar-refractivity contribution in [1.82, 2.24) is 15.3 Å². The van der Waals surface area contributed by atoms with E-state index in [1.54, 1.807) is 47.4 Å². The molecule has 40 heavy (non-hydrogen) atoms. The predicted molar refractivity (Wildman–Crippen MR) is 152 cm³/mol. The normalized spacial score (nSPS) is 10.7. The Morgan fingerprint density at radius 1 is 1.07 bits per heavy atom. The van der Waals surface area contributed by atoms with Gasteiger partial charge >= 0.3 is 0 Å². The highest BCUT2D eigenvalue weighted by Crippen LogP contribution is 2.35. The minimum absolute atomic E-state index is 0.0388. The fraction of sp³-hybridized carbons (Fsp3) is 0.148. The third kappa shape index (κ3) is 6.72. The van der Waals surface area contributed by atoms with Crippen LogP contribution in [-0.2, 0) is 0 Å². The third-order valence-electron chi connectivity index (χ3n) is 5.86. The van der Waals surface area contributed by atoms with Gasteiger partial charge in [0, 0.05) is 41.1 Å². The number of nitro groups is 1. The number of nitrogens with zero attached hydrogens (tertiary/aromatic N) is 4. The number of carbonyl (C=O) groups excluding carboxylic acids is 1. The van der Waals surface area contributed by atoms with E-state index in [2.05, 4.69) is 20.6 Å². The molecule has 2 heterocycles.